The van der Waals surface area contributed by atoms with E-state index in [1.165, 1.54) is 157 Å². The molecule has 14 atom stereocenters. The summed E-state index contributed by atoms with van der Waals surface area (Å²) in [5, 5.41) is 5.20. The van der Waals surface area contributed by atoms with E-state index < -0.39 is 53.4 Å². The highest BCUT2D eigenvalue weighted by molar-refractivity contribution is 6.18. The first-order chi connectivity index (χ1) is 66.3. The van der Waals surface area contributed by atoms with Crippen LogP contribution < -0.4 is 28.4 Å². The molecule has 25 nitrogen and oxygen atoms in total. The van der Waals surface area contributed by atoms with Crippen molar-refractivity contribution in [1.82, 2.24) is 14.7 Å². The summed E-state index contributed by atoms with van der Waals surface area (Å²) in [4.78, 5) is 179. The summed E-state index contributed by atoms with van der Waals surface area (Å²) in [5.41, 5.74) is 0.647. The van der Waals surface area contributed by atoms with Crippen molar-refractivity contribution in [1.29, 1.82) is 0 Å². The molecular weight excluding hydrogens is 1760 g/mol. The minimum Gasteiger partial charge on any atom is -0.427 e. The third kappa shape index (κ3) is 34.5. The summed E-state index contributed by atoms with van der Waals surface area (Å²) < 4.78 is 37.3. The largest absolute Gasteiger partial charge is 0.427 e. The van der Waals surface area contributed by atoms with Crippen LogP contribution in [0.5, 0.6) is 34.5 Å². The molecule has 3 aliphatic carbocycles. The number of allylic oxidation sites excluding steroid dienone is 5. The Balaban J connectivity index is 0.000000228. The average molecular weight is 1910 g/mol. The fraction of sp³-hybridized carbons (Fsp3) is 0.518. The molecule has 139 heavy (non-hydrogen) atoms. The number of likely N-dealkylation sites (tertiary alicyclic amines) is 3. The van der Waals surface area contributed by atoms with Gasteiger partial charge in [-0.2, -0.15) is 0 Å². The van der Waals surface area contributed by atoms with E-state index in [0.717, 1.165) is 96.9 Å². The van der Waals surface area contributed by atoms with Gasteiger partial charge in [-0.05, 0) is 214 Å². The Bertz CT molecular complexity index is 5320. The highest BCUT2D eigenvalue weighted by atomic mass is 16.6. The first-order valence-electron chi connectivity index (χ1n) is 50.2. The predicted molar refractivity (Wildman–Crippen MR) is 538 cm³/mol. The number of carbonyl (C=O) groups is 15. The van der Waals surface area contributed by atoms with Crippen LogP contribution in [0.2, 0.25) is 0 Å². The Morgan fingerprint density at radius 1 is 0.453 bits per heavy atom. The number of nitrogens with zero attached hydrogens (tertiary/aromatic N) is 3. The number of imide groups is 9. The Morgan fingerprint density at radius 3 is 1.42 bits per heavy atom. The number of carbonyl (C=O) groups excluding carboxylic acids is 15. The van der Waals surface area contributed by atoms with Gasteiger partial charge in [0.2, 0.25) is 53.2 Å². The summed E-state index contributed by atoms with van der Waals surface area (Å²) in [7, 11) is 0. The van der Waals surface area contributed by atoms with Crippen molar-refractivity contribution in [2.75, 3.05) is 0 Å². The van der Waals surface area contributed by atoms with Gasteiger partial charge < -0.3 is 33.2 Å². The summed E-state index contributed by atoms with van der Waals surface area (Å²) in [5.74, 6) is -1.55. The van der Waals surface area contributed by atoms with Crippen LogP contribution in [0.3, 0.4) is 0 Å². The molecule has 6 aromatic rings. The van der Waals surface area contributed by atoms with E-state index >= 15 is 0 Å². The predicted octanol–water partition coefficient (Wildman–Crippen LogP) is 23.8. The minimum atomic E-state index is -0.487. The zero-order valence-corrected chi connectivity index (χ0v) is 84.8. The number of hydrogen-bond donors (Lipinski definition) is 0. The molecule has 0 radical (unpaired) electrons. The molecule has 12 rings (SSSR count). The van der Waals surface area contributed by atoms with Crippen LogP contribution in [-0.2, 0) is 76.7 Å². The topological polar surface area (TPSA) is 330 Å². The Hall–Kier alpha value is -12.0. The SMILES string of the molecule is C=C(C)C(=O)Oc1ccc2ccc(OC(=O)C(=C)C)cc2c1.C=CC(/C=C/C(CC/C=C/CC)C1CC(=O)N(C(C)=O)C1=O)CC.CC(=O)N1C(=O)C(C)C(CC(C)OC2CC3CC2C2CCCC32)C1=O.CCC(=O)Oc1cc2ccccc2cc1OC(C)=O.CCC(=O)Oc1ccc2c(OC(C)=O)cccc2c1.CCCCCCCCCCCCCCCCC(C)CC1C(=O)N(C(C)=O)C(=O)C1C. The Kier molecular flexibility index (Phi) is 47.2. The molecule has 6 fully saturated rings. The zero-order valence-electron chi connectivity index (χ0n) is 84.8. The van der Waals surface area contributed by atoms with Gasteiger partial charge in [0.1, 0.15) is 23.0 Å². The van der Waals surface area contributed by atoms with E-state index in [1.807, 2.05) is 61.5 Å². The van der Waals surface area contributed by atoms with Crippen LogP contribution in [0.4, 0.5) is 0 Å². The van der Waals surface area contributed by atoms with Crippen LogP contribution in [0, 0.1) is 71.0 Å². The molecule has 3 heterocycles. The lowest BCUT2D eigenvalue weighted by Crippen LogP contribution is -2.36. The maximum absolute atomic E-state index is 12.5. The molecule has 6 aliphatic rings. The van der Waals surface area contributed by atoms with Crippen molar-refractivity contribution in [3.63, 3.8) is 0 Å². The summed E-state index contributed by atoms with van der Waals surface area (Å²) in [6, 6.07) is 32.0. The van der Waals surface area contributed by atoms with E-state index in [-0.39, 0.29) is 107 Å². The average Bonchev–Trinajstić information content (AvgIpc) is 1.59. The number of amides is 9. The zero-order chi connectivity index (χ0) is 102. The quantitative estimate of drug-likeness (QED) is 0.00861. The van der Waals surface area contributed by atoms with Gasteiger partial charge in [-0.15, -0.1) is 6.58 Å². The molecular formula is C114H149N3O22. The van der Waals surface area contributed by atoms with Crippen molar-refractivity contribution < 1.29 is 105 Å². The minimum absolute atomic E-state index is 0.0405. The first-order valence-corrected chi connectivity index (χ1v) is 50.2. The normalized spacial score (nSPS) is 20.2. The second-order valence-corrected chi connectivity index (χ2v) is 37.8. The molecule has 3 aliphatic heterocycles. The molecule has 14 unspecified atom stereocenters. The molecule has 0 spiro atoms. The van der Waals surface area contributed by atoms with Gasteiger partial charge in [-0.1, -0.05) is 250 Å². The standard InChI is InChI=1S/C26H47NO3.C20H29NO4.C20H29NO3.C18H16O4.2C15H14O4/c1-5-6-7-8-9-10-11-12-13-14-15-16-17-18-19-21(2)20-24-22(3)25(29)27(23(4)28)26(24)30;1-10(7-16-11(2)19(23)21(12(3)22)20(16)24)25-18-9-13-8-17(18)15-6-4-5-14(13)15;1-5-8-9-10-11-17(13-12-16(6-2)7-3)18-14-19(23)21(15(4)22)20(18)24;1-11(2)17(19)21-15-7-5-13-6-8-16(10-14(13)9-15)22-18(20)12(3)4;1-3-15(17)19-12-7-8-13-11(9-12)5-4-6-14(13)18-10(2)16;1-3-15(17)19-14-9-12-7-5-4-6-11(12)8-13(14)18-10(2)16/h21-22,24H,5-20H2,1-4H3;10-11,13-18H,4-9H2,1-3H3;6,8-9,12-13,16-18H,2,5,7,10-11,14H2,1,3-4H3;5-10H,1,3H2,2,4H3;2*4-9H,3H2,1-2H3/b;;9-8+,13-12+;;;. The van der Waals surface area contributed by atoms with E-state index in [4.69, 9.17) is 33.2 Å². The van der Waals surface area contributed by atoms with Gasteiger partial charge in [-0.3, -0.25) is 62.3 Å². The summed E-state index contributed by atoms with van der Waals surface area (Å²) >= 11 is 0. The van der Waals surface area contributed by atoms with Crippen LogP contribution in [0.1, 0.15) is 297 Å². The molecule has 9 amide bonds. The molecule has 752 valence electrons. The Labute approximate surface area is 821 Å². The van der Waals surface area contributed by atoms with Gasteiger partial charge in [0.15, 0.2) is 11.5 Å². The highest BCUT2D eigenvalue weighted by Gasteiger charge is 2.55. The molecule has 3 saturated carbocycles. The van der Waals surface area contributed by atoms with Crippen molar-refractivity contribution in [2.24, 2.45) is 71.0 Å². The van der Waals surface area contributed by atoms with Crippen molar-refractivity contribution >= 4 is 121 Å². The van der Waals surface area contributed by atoms with E-state index in [9.17, 15) is 71.9 Å². The molecule has 0 N–H and O–H groups in total. The van der Waals surface area contributed by atoms with Crippen molar-refractivity contribution in [3.8, 4) is 34.5 Å². The monoisotopic (exact) mass is 1910 g/mol. The third-order valence-corrected chi connectivity index (χ3v) is 26.7. The fourth-order valence-corrected chi connectivity index (χ4v) is 19.2. The number of unbranched alkanes of at least 4 members (excludes halogenated alkanes) is 13. The van der Waals surface area contributed by atoms with Gasteiger partial charge in [0.05, 0.1) is 30.0 Å². The van der Waals surface area contributed by atoms with E-state index in [0.29, 0.717) is 71.3 Å². The maximum Gasteiger partial charge on any atom is 0.338 e. The van der Waals surface area contributed by atoms with Gasteiger partial charge in [0.25, 0.3) is 0 Å². The molecule has 2 bridgehead atoms. The van der Waals surface area contributed by atoms with Crippen LogP contribution in [0.15, 0.2) is 170 Å². The maximum atomic E-state index is 12.5. The second kappa shape index (κ2) is 57.5. The summed E-state index contributed by atoms with van der Waals surface area (Å²) in [6.07, 6.45) is 42.8. The van der Waals surface area contributed by atoms with Crippen LogP contribution in [0.25, 0.3) is 32.3 Å². The Morgan fingerprint density at radius 2 is 0.935 bits per heavy atom. The van der Waals surface area contributed by atoms with Crippen LogP contribution >= 0.6 is 0 Å². The smallest absolute Gasteiger partial charge is 0.338 e. The number of esters is 6. The highest BCUT2D eigenvalue weighted by Crippen LogP contribution is 2.60. The number of hydrogen-bond acceptors (Lipinski definition) is 22. The summed E-state index contributed by atoms with van der Waals surface area (Å²) in [6.45, 7) is 38.1. The third-order valence-electron chi connectivity index (χ3n) is 26.7. The van der Waals surface area contributed by atoms with Gasteiger partial charge >= 0.3 is 35.8 Å². The first kappa shape index (κ1) is 114. The lowest BCUT2D eigenvalue weighted by molar-refractivity contribution is -0.152. The lowest BCUT2D eigenvalue weighted by Gasteiger charge is -2.33. The van der Waals surface area contributed by atoms with E-state index in [1.54, 1.807) is 108 Å². The lowest BCUT2D eigenvalue weighted by atomic mass is 9.80. The number of ether oxygens (including phenoxy) is 7. The van der Waals surface area contributed by atoms with Crippen LogP contribution in [-0.4, -0.2) is 116 Å². The molecule has 3 saturated heterocycles. The van der Waals surface area contributed by atoms with E-state index in [2.05, 4.69) is 65.7 Å². The molecule has 0 aromatic heterocycles. The molecule has 25 heteroatoms. The van der Waals surface area contributed by atoms with Crippen molar-refractivity contribution in [3.05, 3.63) is 170 Å². The molecule has 6 aromatic carbocycles. The van der Waals surface area contributed by atoms with Gasteiger partial charge in [-0.25, -0.2) is 24.3 Å². The number of rotatable bonds is 40. The fourth-order valence-electron chi connectivity index (χ4n) is 19.2. The second-order valence-electron chi connectivity index (χ2n) is 37.8. The number of benzene rings is 6. The number of fused-ring (bicyclic) bond motifs is 8. The van der Waals surface area contributed by atoms with Gasteiger partial charge in [0, 0.05) is 82.2 Å². The van der Waals surface area contributed by atoms with Crippen molar-refractivity contribution in [2.45, 2.75) is 309 Å².